The van der Waals surface area contributed by atoms with Crippen molar-refractivity contribution in [1.82, 2.24) is 14.9 Å². The van der Waals surface area contributed by atoms with E-state index in [-0.39, 0.29) is 5.91 Å². The van der Waals surface area contributed by atoms with Crippen molar-refractivity contribution in [3.63, 3.8) is 0 Å². The van der Waals surface area contributed by atoms with Crippen LogP contribution in [0.4, 0.5) is 23.0 Å². The number of piperazine rings is 1. The summed E-state index contributed by atoms with van der Waals surface area (Å²) in [7, 11) is 0. The van der Waals surface area contributed by atoms with E-state index in [1.807, 2.05) is 35.7 Å². The van der Waals surface area contributed by atoms with Gasteiger partial charge in [-0.2, -0.15) is 0 Å². The third kappa shape index (κ3) is 6.35. The third-order valence-corrected chi connectivity index (χ3v) is 9.48. The molecule has 0 atom stereocenters. The molecule has 0 saturated carbocycles. The number of carbonyl (C=O) groups excluding carboxylic acids is 1. The summed E-state index contributed by atoms with van der Waals surface area (Å²) in [6.07, 6.45) is 5.70. The van der Waals surface area contributed by atoms with Crippen molar-refractivity contribution < 1.29 is 4.79 Å². The van der Waals surface area contributed by atoms with Gasteiger partial charge in [0, 0.05) is 71.2 Å². The summed E-state index contributed by atoms with van der Waals surface area (Å²) in [6.45, 7) is 11.8. The summed E-state index contributed by atoms with van der Waals surface area (Å²) >= 11 is 1.86. The van der Waals surface area contributed by atoms with E-state index in [9.17, 15) is 4.79 Å². The molecule has 1 amide bonds. The highest BCUT2D eigenvalue weighted by molar-refractivity contribution is 7.16. The van der Waals surface area contributed by atoms with Gasteiger partial charge in [0.1, 0.15) is 0 Å². The molecule has 0 bridgehead atoms. The van der Waals surface area contributed by atoms with Crippen molar-refractivity contribution in [3.05, 3.63) is 71.2 Å². The largest absolute Gasteiger partial charge is 0.369 e. The predicted molar refractivity (Wildman–Crippen MR) is 175 cm³/mol. The zero-order chi connectivity index (χ0) is 29.1. The maximum atomic E-state index is 12.4. The maximum Gasteiger partial charge on any atom is 0.227 e. The zero-order valence-corrected chi connectivity index (χ0v) is 25.6. The molecule has 2 aliphatic rings. The van der Waals surface area contributed by atoms with Gasteiger partial charge >= 0.3 is 0 Å². The molecule has 1 aliphatic carbocycles. The number of thiophene rings is 1. The van der Waals surface area contributed by atoms with E-state index in [4.69, 9.17) is 4.98 Å². The number of nitrogens with one attached hydrogen (secondary N) is 2. The normalized spacial score (nSPS) is 15.2. The number of likely N-dealkylation sites (N-methyl/N-ethyl adjacent to an activating group) is 1. The molecule has 1 saturated heterocycles. The number of rotatable bonds is 9. The number of benzene rings is 2. The highest BCUT2D eigenvalue weighted by atomic mass is 32.1. The molecule has 2 N–H and O–H groups in total. The Balaban J connectivity index is 1.23. The molecule has 1 aliphatic heterocycles. The van der Waals surface area contributed by atoms with Crippen LogP contribution in [0.2, 0.25) is 0 Å². The van der Waals surface area contributed by atoms with E-state index in [0.717, 1.165) is 68.2 Å². The molecular weight excluding hydrogens is 540 g/mol. The Kier molecular flexibility index (Phi) is 8.53. The molecule has 42 heavy (non-hydrogen) atoms. The molecule has 0 spiro atoms. The van der Waals surface area contributed by atoms with Gasteiger partial charge in [0.05, 0.1) is 5.69 Å². The number of hydrogen-bond acceptors (Lipinski definition) is 7. The third-order valence-electron chi connectivity index (χ3n) is 8.14. The Morgan fingerprint density at radius 3 is 2.57 bits per heavy atom. The average Bonchev–Trinajstić information content (AvgIpc) is 3.59. The van der Waals surface area contributed by atoms with Crippen LogP contribution in [-0.2, 0) is 17.6 Å². The van der Waals surface area contributed by atoms with Crippen LogP contribution in [-0.4, -0.2) is 53.5 Å². The molecule has 8 heteroatoms. The Bertz CT molecular complexity index is 1540. The minimum Gasteiger partial charge on any atom is -0.369 e. The first kappa shape index (κ1) is 28.4. The van der Waals surface area contributed by atoms with Crippen molar-refractivity contribution >= 4 is 40.3 Å². The van der Waals surface area contributed by atoms with Crippen LogP contribution >= 0.6 is 11.3 Å². The van der Waals surface area contributed by atoms with E-state index in [1.165, 1.54) is 33.0 Å². The van der Waals surface area contributed by atoms with E-state index in [1.54, 1.807) is 0 Å². The van der Waals surface area contributed by atoms with E-state index in [2.05, 4.69) is 82.6 Å². The fourth-order valence-electron chi connectivity index (χ4n) is 5.96. The average molecular weight is 581 g/mol. The standard InChI is InChI=1S/C34H40N6OS/c1-4-39-17-19-40(20-18-39)27-13-11-25(12-14-27)37-34-35-16-15-29(38-34)32-28-9-6-10-30(28)42-33(32)24-7-5-8-26(22-24)36-31(41)21-23(2)3/h5,7-8,11-16,22-23H,4,6,9-10,17-21H2,1-3H3,(H,36,41)(H,35,37,38). The van der Waals surface area contributed by atoms with Gasteiger partial charge in [0.2, 0.25) is 11.9 Å². The van der Waals surface area contributed by atoms with Gasteiger partial charge in [-0.15, -0.1) is 11.3 Å². The first-order valence-electron chi connectivity index (χ1n) is 15.2. The number of nitrogens with zero attached hydrogens (tertiary/aromatic N) is 4. The quantitative estimate of drug-likeness (QED) is 0.218. The number of anilines is 4. The van der Waals surface area contributed by atoms with E-state index >= 15 is 0 Å². The summed E-state index contributed by atoms with van der Waals surface area (Å²) in [5.41, 5.74) is 7.71. The van der Waals surface area contributed by atoms with Crippen LogP contribution in [0, 0.1) is 5.92 Å². The van der Waals surface area contributed by atoms with Gasteiger partial charge in [-0.05, 0) is 85.3 Å². The van der Waals surface area contributed by atoms with Crippen molar-refractivity contribution in [1.29, 1.82) is 0 Å². The molecule has 3 heterocycles. The number of fused-ring (bicyclic) bond motifs is 1. The van der Waals surface area contributed by atoms with Gasteiger partial charge in [0.15, 0.2) is 0 Å². The van der Waals surface area contributed by atoms with Gasteiger partial charge in [0.25, 0.3) is 0 Å². The number of aryl methyl sites for hydroxylation is 1. The summed E-state index contributed by atoms with van der Waals surface area (Å²) in [6, 6.07) is 18.8. The molecule has 7 nitrogen and oxygen atoms in total. The Labute approximate surface area is 253 Å². The maximum absolute atomic E-state index is 12.4. The minimum atomic E-state index is 0.0506. The van der Waals surface area contributed by atoms with Crippen molar-refractivity contribution in [2.45, 2.75) is 46.5 Å². The SMILES string of the molecule is CCN1CCN(c2ccc(Nc3nccc(-c4c(-c5cccc(NC(=O)CC(C)C)c5)sc5c4CCC5)n3)cc2)CC1. The van der Waals surface area contributed by atoms with Crippen molar-refractivity contribution in [2.75, 3.05) is 48.3 Å². The van der Waals surface area contributed by atoms with Crippen LogP contribution in [0.15, 0.2) is 60.8 Å². The lowest BCUT2D eigenvalue weighted by Crippen LogP contribution is -2.46. The summed E-state index contributed by atoms with van der Waals surface area (Å²) in [5, 5.41) is 6.52. The van der Waals surface area contributed by atoms with Crippen LogP contribution < -0.4 is 15.5 Å². The second-order valence-electron chi connectivity index (χ2n) is 11.6. The molecule has 2 aromatic heterocycles. The van der Waals surface area contributed by atoms with Crippen LogP contribution in [0.1, 0.15) is 44.1 Å². The van der Waals surface area contributed by atoms with Gasteiger partial charge in [-0.3, -0.25) is 4.79 Å². The van der Waals surface area contributed by atoms with E-state index < -0.39 is 0 Å². The van der Waals surface area contributed by atoms with Gasteiger partial charge in [-0.1, -0.05) is 32.9 Å². The Hall–Kier alpha value is -3.75. The predicted octanol–water partition coefficient (Wildman–Crippen LogP) is 7.23. The number of hydrogen-bond donors (Lipinski definition) is 2. The van der Waals surface area contributed by atoms with Crippen LogP contribution in [0.5, 0.6) is 0 Å². The molecule has 218 valence electrons. The number of aromatic nitrogens is 2. The molecular formula is C34H40N6OS. The number of amides is 1. The van der Waals surface area contributed by atoms with Crippen LogP contribution in [0.3, 0.4) is 0 Å². The topological polar surface area (TPSA) is 73.4 Å². The fourth-order valence-corrected chi connectivity index (χ4v) is 7.36. The highest BCUT2D eigenvalue weighted by Crippen LogP contribution is 2.46. The monoisotopic (exact) mass is 580 g/mol. The molecule has 2 aromatic carbocycles. The lowest BCUT2D eigenvalue weighted by atomic mass is 10.0. The minimum absolute atomic E-state index is 0.0506. The second-order valence-corrected chi connectivity index (χ2v) is 12.8. The van der Waals surface area contributed by atoms with Gasteiger partial charge < -0.3 is 20.4 Å². The lowest BCUT2D eigenvalue weighted by molar-refractivity contribution is -0.116. The first-order chi connectivity index (χ1) is 20.5. The Morgan fingerprint density at radius 2 is 1.81 bits per heavy atom. The molecule has 4 aromatic rings. The summed E-state index contributed by atoms with van der Waals surface area (Å²) in [5.74, 6) is 0.963. The highest BCUT2D eigenvalue weighted by Gasteiger charge is 2.25. The number of carbonyl (C=O) groups is 1. The molecule has 1 fully saturated rings. The Morgan fingerprint density at radius 1 is 1.00 bits per heavy atom. The summed E-state index contributed by atoms with van der Waals surface area (Å²) < 4.78 is 0. The van der Waals surface area contributed by atoms with Crippen molar-refractivity contribution in [3.8, 4) is 21.7 Å². The second kappa shape index (κ2) is 12.6. The fraction of sp³-hybridized carbons (Fsp3) is 0.382. The molecule has 0 unspecified atom stereocenters. The first-order valence-corrected chi connectivity index (χ1v) is 16.0. The van der Waals surface area contributed by atoms with Crippen molar-refractivity contribution in [2.24, 2.45) is 5.92 Å². The van der Waals surface area contributed by atoms with E-state index in [0.29, 0.717) is 18.3 Å². The van der Waals surface area contributed by atoms with Gasteiger partial charge in [-0.25, -0.2) is 9.97 Å². The molecule has 0 radical (unpaired) electrons. The summed E-state index contributed by atoms with van der Waals surface area (Å²) in [4.78, 5) is 29.6. The molecule has 6 rings (SSSR count). The van der Waals surface area contributed by atoms with Crippen LogP contribution in [0.25, 0.3) is 21.7 Å². The zero-order valence-electron chi connectivity index (χ0n) is 24.8. The smallest absolute Gasteiger partial charge is 0.227 e. The lowest BCUT2D eigenvalue weighted by Gasteiger charge is -2.35.